The molecule has 0 N–H and O–H groups in total. The van der Waals surface area contributed by atoms with Gasteiger partial charge < -0.3 is 9.15 Å². The van der Waals surface area contributed by atoms with Gasteiger partial charge in [0.25, 0.3) is 0 Å². The zero-order chi connectivity index (χ0) is 18.1. The van der Waals surface area contributed by atoms with E-state index in [0.29, 0.717) is 11.7 Å². The normalized spacial score (nSPS) is 15.2. The number of carbonyl (C=O) groups excluding carboxylic acids is 1. The van der Waals surface area contributed by atoms with Crippen LogP contribution in [0.3, 0.4) is 0 Å². The monoisotopic (exact) mass is 407 g/mol. The summed E-state index contributed by atoms with van der Waals surface area (Å²) in [5.41, 5.74) is 3.02. The molecule has 1 aliphatic heterocycles. The minimum atomic E-state index is -0.483. The van der Waals surface area contributed by atoms with Crippen molar-refractivity contribution >= 4 is 33.9 Å². The van der Waals surface area contributed by atoms with E-state index in [9.17, 15) is 4.79 Å². The van der Waals surface area contributed by atoms with Gasteiger partial charge in [0.05, 0.1) is 0 Å². The number of hydrogen-bond donors (Lipinski definition) is 0. The van der Waals surface area contributed by atoms with Gasteiger partial charge in [0.1, 0.15) is 11.5 Å². The van der Waals surface area contributed by atoms with Gasteiger partial charge in [-0.2, -0.15) is 0 Å². The SMILES string of the molecule is Cc1cccc(C2=N/C(=C\c3ccc(-c4ccc(Br)cc4)o3)C(=O)O2)c1. The van der Waals surface area contributed by atoms with Crippen LogP contribution in [0.15, 0.2) is 80.2 Å². The molecular formula is C21H14BrNO3. The largest absolute Gasteiger partial charge is 0.457 e. The Hall–Kier alpha value is -2.92. The first-order chi connectivity index (χ1) is 12.6. The molecule has 0 fully saturated rings. The summed E-state index contributed by atoms with van der Waals surface area (Å²) in [5, 5.41) is 0. The van der Waals surface area contributed by atoms with Gasteiger partial charge in [-0.25, -0.2) is 9.79 Å². The highest BCUT2D eigenvalue weighted by atomic mass is 79.9. The molecule has 0 saturated heterocycles. The molecular weight excluding hydrogens is 394 g/mol. The summed E-state index contributed by atoms with van der Waals surface area (Å²) < 4.78 is 12.1. The Morgan fingerprint density at radius 1 is 1.00 bits per heavy atom. The first kappa shape index (κ1) is 16.5. The van der Waals surface area contributed by atoms with Crippen molar-refractivity contribution in [1.29, 1.82) is 0 Å². The molecule has 0 unspecified atom stereocenters. The summed E-state index contributed by atoms with van der Waals surface area (Å²) in [6.07, 6.45) is 1.59. The van der Waals surface area contributed by atoms with Crippen LogP contribution in [0.25, 0.3) is 17.4 Å². The molecule has 0 saturated carbocycles. The number of benzene rings is 2. The third kappa shape index (κ3) is 3.39. The van der Waals surface area contributed by atoms with Crippen LogP contribution in [0.5, 0.6) is 0 Å². The van der Waals surface area contributed by atoms with E-state index in [1.807, 2.05) is 61.5 Å². The molecule has 0 bridgehead atoms. The third-order valence-corrected chi connectivity index (χ3v) is 4.45. The van der Waals surface area contributed by atoms with Crippen LogP contribution in [-0.2, 0) is 9.53 Å². The van der Waals surface area contributed by atoms with E-state index < -0.39 is 5.97 Å². The second kappa shape index (κ2) is 6.77. The number of nitrogens with zero attached hydrogens (tertiary/aromatic N) is 1. The smallest absolute Gasteiger partial charge is 0.363 e. The highest BCUT2D eigenvalue weighted by Gasteiger charge is 2.24. The first-order valence-corrected chi connectivity index (χ1v) is 8.83. The zero-order valence-electron chi connectivity index (χ0n) is 13.9. The molecule has 0 amide bonds. The van der Waals surface area contributed by atoms with Gasteiger partial charge in [-0.15, -0.1) is 0 Å². The van der Waals surface area contributed by atoms with Crippen molar-refractivity contribution in [3.63, 3.8) is 0 Å². The Morgan fingerprint density at radius 2 is 1.81 bits per heavy atom. The third-order valence-electron chi connectivity index (χ3n) is 3.92. The van der Waals surface area contributed by atoms with Crippen LogP contribution < -0.4 is 0 Å². The Kier molecular flexibility index (Phi) is 4.31. The van der Waals surface area contributed by atoms with Gasteiger partial charge in [-0.3, -0.25) is 0 Å². The fourth-order valence-electron chi connectivity index (χ4n) is 2.65. The number of halogens is 1. The van der Waals surface area contributed by atoms with Crippen LogP contribution in [0, 0.1) is 6.92 Å². The summed E-state index contributed by atoms with van der Waals surface area (Å²) in [4.78, 5) is 16.4. The Balaban J connectivity index is 1.62. The Labute approximate surface area is 159 Å². The standard InChI is InChI=1S/C21H14BrNO3/c1-13-3-2-4-15(11-13)20-23-18(21(24)26-20)12-17-9-10-19(25-17)14-5-7-16(22)8-6-14/h2-12H,1H3/b18-12-. The van der Waals surface area contributed by atoms with Crippen molar-refractivity contribution < 1.29 is 13.9 Å². The van der Waals surface area contributed by atoms with Gasteiger partial charge in [-0.1, -0.05) is 45.8 Å². The van der Waals surface area contributed by atoms with Crippen LogP contribution in [-0.4, -0.2) is 11.9 Å². The minimum absolute atomic E-state index is 0.221. The number of aliphatic imine (C=N–C) groups is 1. The molecule has 2 heterocycles. The molecule has 0 aliphatic carbocycles. The molecule has 1 aromatic heterocycles. The highest BCUT2D eigenvalue weighted by Crippen LogP contribution is 2.26. The second-order valence-electron chi connectivity index (χ2n) is 5.91. The lowest BCUT2D eigenvalue weighted by Crippen LogP contribution is -2.05. The van der Waals surface area contributed by atoms with E-state index in [1.165, 1.54) is 0 Å². The molecule has 1 aliphatic rings. The number of ether oxygens (including phenoxy) is 1. The summed E-state index contributed by atoms with van der Waals surface area (Å²) in [7, 11) is 0. The van der Waals surface area contributed by atoms with E-state index in [1.54, 1.807) is 12.1 Å². The summed E-state index contributed by atoms with van der Waals surface area (Å²) >= 11 is 3.41. The van der Waals surface area contributed by atoms with Gasteiger partial charge in [0.15, 0.2) is 5.70 Å². The van der Waals surface area contributed by atoms with Gasteiger partial charge in [-0.05, 0) is 43.3 Å². The molecule has 4 nitrogen and oxygen atoms in total. The van der Waals surface area contributed by atoms with Crippen molar-refractivity contribution in [2.24, 2.45) is 4.99 Å². The molecule has 0 spiro atoms. The van der Waals surface area contributed by atoms with E-state index in [4.69, 9.17) is 9.15 Å². The highest BCUT2D eigenvalue weighted by molar-refractivity contribution is 9.10. The lowest BCUT2D eigenvalue weighted by atomic mass is 10.1. The number of hydrogen-bond acceptors (Lipinski definition) is 4. The minimum Gasteiger partial charge on any atom is -0.457 e. The maximum Gasteiger partial charge on any atom is 0.363 e. The van der Waals surface area contributed by atoms with Gasteiger partial charge in [0.2, 0.25) is 5.90 Å². The summed E-state index contributed by atoms with van der Waals surface area (Å²) in [6, 6.07) is 19.1. The van der Waals surface area contributed by atoms with Crippen molar-refractivity contribution in [2.75, 3.05) is 0 Å². The first-order valence-electron chi connectivity index (χ1n) is 8.04. The predicted molar refractivity (Wildman–Crippen MR) is 104 cm³/mol. The number of cyclic esters (lactones) is 1. The molecule has 3 aromatic rings. The van der Waals surface area contributed by atoms with Crippen LogP contribution in [0.2, 0.25) is 0 Å². The van der Waals surface area contributed by atoms with Crippen molar-refractivity contribution in [3.8, 4) is 11.3 Å². The van der Waals surface area contributed by atoms with Crippen LogP contribution in [0.1, 0.15) is 16.9 Å². The number of furan rings is 1. The molecule has 0 radical (unpaired) electrons. The fourth-order valence-corrected chi connectivity index (χ4v) is 2.91. The molecule has 2 aromatic carbocycles. The van der Waals surface area contributed by atoms with Crippen molar-refractivity contribution in [3.05, 3.63) is 87.7 Å². The Morgan fingerprint density at radius 3 is 2.58 bits per heavy atom. The molecule has 0 atom stereocenters. The summed E-state index contributed by atoms with van der Waals surface area (Å²) in [6.45, 7) is 1.98. The van der Waals surface area contributed by atoms with Crippen LogP contribution in [0.4, 0.5) is 0 Å². The number of rotatable bonds is 3. The lowest BCUT2D eigenvalue weighted by Gasteiger charge is -1.99. The van der Waals surface area contributed by atoms with Gasteiger partial charge in [0, 0.05) is 21.7 Å². The Bertz CT molecular complexity index is 1050. The number of esters is 1. The average Bonchev–Trinajstić information content (AvgIpc) is 3.23. The van der Waals surface area contributed by atoms with E-state index in [-0.39, 0.29) is 5.70 Å². The van der Waals surface area contributed by atoms with E-state index >= 15 is 0 Å². The number of carbonyl (C=O) groups is 1. The number of aryl methyl sites for hydroxylation is 1. The maximum atomic E-state index is 12.1. The molecule has 4 rings (SSSR count). The van der Waals surface area contributed by atoms with Crippen molar-refractivity contribution in [2.45, 2.75) is 6.92 Å². The fraction of sp³-hybridized carbons (Fsp3) is 0.0476. The molecule has 26 heavy (non-hydrogen) atoms. The molecule has 128 valence electrons. The van der Waals surface area contributed by atoms with Gasteiger partial charge >= 0.3 is 5.97 Å². The van der Waals surface area contributed by atoms with Crippen molar-refractivity contribution in [1.82, 2.24) is 0 Å². The van der Waals surface area contributed by atoms with E-state index in [2.05, 4.69) is 20.9 Å². The predicted octanol–water partition coefficient (Wildman–Crippen LogP) is 5.36. The molecule has 5 heteroatoms. The van der Waals surface area contributed by atoms with Crippen LogP contribution >= 0.6 is 15.9 Å². The topological polar surface area (TPSA) is 51.8 Å². The quantitative estimate of drug-likeness (QED) is 0.433. The average molecular weight is 408 g/mol. The maximum absolute atomic E-state index is 12.1. The second-order valence-corrected chi connectivity index (χ2v) is 6.83. The van der Waals surface area contributed by atoms with E-state index in [0.717, 1.165) is 26.9 Å². The lowest BCUT2D eigenvalue weighted by molar-refractivity contribution is -0.129. The summed E-state index contributed by atoms with van der Waals surface area (Å²) in [5.74, 6) is 1.09. The zero-order valence-corrected chi connectivity index (χ0v) is 15.5.